The van der Waals surface area contributed by atoms with Gasteiger partial charge in [-0.1, -0.05) is 12.1 Å². The van der Waals surface area contributed by atoms with Gasteiger partial charge in [-0.25, -0.2) is 0 Å². The number of nitrogens with one attached hydrogen (secondary N) is 4. The highest BCUT2D eigenvalue weighted by molar-refractivity contribution is 7.80. The summed E-state index contributed by atoms with van der Waals surface area (Å²) in [5, 5.41) is 5.82. The summed E-state index contributed by atoms with van der Waals surface area (Å²) in [6.07, 6.45) is 0. The molecule has 1 rings (SSSR count). The van der Waals surface area contributed by atoms with Crippen molar-refractivity contribution in [3.05, 3.63) is 29.8 Å². The van der Waals surface area contributed by atoms with Crippen LogP contribution in [-0.2, 0) is 4.79 Å². The van der Waals surface area contributed by atoms with Crippen LogP contribution in [0.3, 0.4) is 0 Å². The number of thiocarbonyl (C=S) groups is 1. The molecule has 0 aliphatic rings. The Labute approximate surface area is 147 Å². The third kappa shape index (κ3) is 7.28. The Morgan fingerprint density at radius 2 is 1.83 bits per heavy atom. The standard InChI is InChI=1S/C16H24N4O3S/c1-5-23-12-9-7-6-8-11(12)14(22)17-10-13(21)19-20-15(24)18-16(2,3)4/h6-9H,5,10H2,1-4H3,(H,17,22)(H,19,21)(H2,18,20,24). The molecule has 4 N–H and O–H groups in total. The number of hydrogen-bond donors (Lipinski definition) is 4. The Balaban J connectivity index is 2.44. The topological polar surface area (TPSA) is 91.5 Å². The summed E-state index contributed by atoms with van der Waals surface area (Å²) in [6.45, 7) is 7.93. The minimum atomic E-state index is -0.421. The maximum atomic E-state index is 12.1. The van der Waals surface area contributed by atoms with E-state index in [4.69, 9.17) is 17.0 Å². The lowest BCUT2D eigenvalue weighted by atomic mass is 10.1. The van der Waals surface area contributed by atoms with Crippen LogP contribution < -0.4 is 26.2 Å². The first-order chi connectivity index (χ1) is 11.2. The number of carbonyl (C=O) groups excluding carboxylic acids is 2. The number of amides is 2. The molecule has 24 heavy (non-hydrogen) atoms. The molecule has 0 spiro atoms. The Hall–Kier alpha value is -2.35. The van der Waals surface area contributed by atoms with Gasteiger partial charge in [0.1, 0.15) is 5.75 Å². The van der Waals surface area contributed by atoms with Crippen LogP contribution in [-0.4, -0.2) is 35.6 Å². The summed E-state index contributed by atoms with van der Waals surface area (Å²) in [6, 6.07) is 6.85. The second-order valence-corrected chi connectivity index (χ2v) is 6.40. The van der Waals surface area contributed by atoms with E-state index < -0.39 is 5.91 Å². The molecule has 0 saturated carbocycles. The monoisotopic (exact) mass is 352 g/mol. The third-order valence-corrected chi connectivity index (χ3v) is 2.85. The molecular weight excluding hydrogens is 328 g/mol. The van der Waals surface area contributed by atoms with Gasteiger partial charge in [0.25, 0.3) is 11.8 Å². The van der Waals surface area contributed by atoms with Crippen molar-refractivity contribution in [3.8, 4) is 5.75 Å². The van der Waals surface area contributed by atoms with Crippen molar-refractivity contribution in [3.63, 3.8) is 0 Å². The number of carbonyl (C=O) groups is 2. The Morgan fingerprint density at radius 3 is 2.46 bits per heavy atom. The quantitative estimate of drug-likeness (QED) is 0.469. The summed E-state index contributed by atoms with van der Waals surface area (Å²) in [5.41, 5.74) is 5.16. The Bertz CT molecular complexity index is 599. The van der Waals surface area contributed by atoms with Crippen molar-refractivity contribution in [2.75, 3.05) is 13.2 Å². The first-order valence-corrected chi connectivity index (χ1v) is 8.00. The second-order valence-electron chi connectivity index (χ2n) is 5.99. The summed E-state index contributed by atoms with van der Waals surface area (Å²) in [7, 11) is 0. The van der Waals surface area contributed by atoms with Crippen molar-refractivity contribution in [2.45, 2.75) is 33.2 Å². The zero-order chi connectivity index (χ0) is 18.2. The number of benzene rings is 1. The molecule has 0 heterocycles. The van der Waals surface area contributed by atoms with Gasteiger partial charge < -0.3 is 15.4 Å². The lowest BCUT2D eigenvalue weighted by Crippen LogP contribution is -2.53. The minimum Gasteiger partial charge on any atom is -0.493 e. The van der Waals surface area contributed by atoms with E-state index >= 15 is 0 Å². The molecule has 0 radical (unpaired) electrons. The largest absolute Gasteiger partial charge is 0.493 e. The van der Waals surface area contributed by atoms with E-state index in [2.05, 4.69) is 21.5 Å². The van der Waals surface area contributed by atoms with Crippen LogP contribution in [0.4, 0.5) is 0 Å². The maximum Gasteiger partial charge on any atom is 0.257 e. The normalized spacial score (nSPS) is 10.5. The van der Waals surface area contributed by atoms with Gasteiger partial charge in [-0.2, -0.15) is 0 Å². The van der Waals surface area contributed by atoms with Gasteiger partial charge in [0, 0.05) is 5.54 Å². The molecule has 0 saturated heterocycles. The van der Waals surface area contributed by atoms with Crippen molar-refractivity contribution < 1.29 is 14.3 Å². The molecule has 0 fully saturated rings. The van der Waals surface area contributed by atoms with Crippen molar-refractivity contribution in [1.82, 2.24) is 21.5 Å². The maximum absolute atomic E-state index is 12.1. The molecule has 0 unspecified atom stereocenters. The first-order valence-electron chi connectivity index (χ1n) is 7.60. The molecule has 0 aromatic heterocycles. The highest BCUT2D eigenvalue weighted by Crippen LogP contribution is 2.17. The second kappa shape index (κ2) is 9.07. The molecule has 1 aromatic carbocycles. The van der Waals surface area contributed by atoms with E-state index in [1.165, 1.54) is 0 Å². The summed E-state index contributed by atoms with van der Waals surface area (Å²) < 4.78 is 5.39. The van der Waals surface area contributed by atoms with Crippen LogP contribution in [0.5, 0.6) is 5.75 Å². The van der Waals surface area contributed by atoms with Crippen LogP contribution >= 0.6 is 12.2 Å². The molecule has 0 atom stereocenters. The predicted molar refractivity (Wildman–Crippen MR) is 96.7 cm³/mol. The molecule has 0 aliphatic carbocycles. The van der Waals surface area contributed by atoms with Gasteiger partial charge in [0.15, 0.2) is 5.11 Å². The van der Waals surface area contributed by atoms with E-state index in [0.29, 0.717) is 23.0 Å². The molecular formula is C16H24N4O3S. The number of hydrogen-bond acceptors (Lipinski definition) is 4. The molecule has 2 amide bonds. The van der Waals surface area contributed by atoms with Gasteiger partial charge in [0.2, 0.25) is 0 Å². The minimum absolute atomic E-state index is 0.190. The summed E-state index contributed by atoms with van der Waals surface area (Å²) in [4.78, 5) is 23.9. The fraction of sp³-hybridized carbons (Fsp3) is 0.438. The number of rotatable bonds is 5. The van der Waals surface area contributed by atoms with Gasteiger partial charge in [-0.15, -0.1) is 0 Å². The predicted octanol–water partition coefficient (Wildman–Crippen LogP) is 1.11. The molecule has 8 heteroatoms. The Kier molecular flexibility index (Phi) is 7.44. The van der Waals surface area contributed by atoms with Crippen LogP contribution in [0.15, 0.2) is 24.3 Å². The van der Waals surface area contributed by atoms with Gasteiger partial charge in [-0.3, -0.25) is 20.4 Å². The van der Waals surface area contributed by atoms with Crippen LogP contribution in [0, 0.1) is 0 Å². The Morgan fingerprint density at radius 1 is 1.17 bits per heavy atom. The molecule has 1 aromatic rings. The lowest BCUT2D eigenvalue weighted by molar-refractivity contribution is -0.120. The molecule has 0 bridgehead atoms. The number of para-hydroxylation sites is 1. The lowest BCUT2D eigenvalue weighted by Gasteiger charge is -2.23. The van der Waals surface area contributed by atoms with Crippen molar-refractivity contribution in [2.24, 2.45) is 0 Å². The van der Waals surface area contributed by atoms with Crippen molar-refractivity contribution in [1.29, 1.82) is 0 Å². The van der Waals surface area contributed by atoms with Gasteiger partial charge in [-0.05, 0) is 52.0 Å². The van der Waals surface area contributed by atoms with E-state index in [1.807, 2.05) is 27.7 Å². The zero-order valence-corrected chi connectivity index (χ0v) is 15.2. The van der Waals surface area contributed by atoms with Crippen LogP contribution in [0.1, 0.15) is 38.1 Å². The summed E-state index contributed by atoms with van der Waals surface area (Å²) in [5.74, 6) is -0.327. The average Bonchev–Trinajstić information content (AvgIpc) is 2.50. The highest BCUT2D eigenvalue weighted by atomic mass is 32.1. The fourth-order valence-corrected chi connectivity index (χ4v) is 2.09. The smallest absolute Gasteiger partial charge is 0.257 e. The van der Waals surface area contributed by atoms with E-state index in [-0.39, 0.29) is 18.0 Å². The highest BCUT2D eigenvalue weighted by Gasteiger charge is 2.14. The fourth-order valence-electron chi connectivity index (χ4n) is 1.73. The zero-order valence-electron chi connectivity index (χ0n) is 14.4. The molecule has 132 valence electrons. The van der Waals surface area contributed by atoms with Gasteiger partial charge in [0.05, 0.1) is 18.7 Å². The third-order valence-electron chi connectivity index (χ3n) is 2.65. The SMILES string of the molecule is CCOc1ccccc1C(=O)NCC(=O)NNC(=S)NC(C)(C)C. The number of ether oxygens (including phenoxy) is 1. The number of hydrazine groups is 1. The first kappa shape index (κ1) is 19.7. The van der Waals surface area contributed by atoms with E-state index in [9.17, 15) is 9.59 Å². The van der Waals surface area contributed by atoms with E-state index in [1.54, 1.807) is 24.3 Å². The van der Waals surface area contributed by atoms with Crippen LogP contribution in [0.25, 0.3) is 0 Å². The average molecular weight is 352 g/mol. The summed E-state index contributed by atoms with van der Waals surface area (Å²) >= 11 is 5.04. The van der Waals surface area contributed by atoms with Crippen LogP contribution in [0.2, 0.25) is 0 Å². The molecule has 0 aliphatic heterocycles. The van der Waals surface area contributed by atoms with Gasteiger partial charge >= 0.3 is 0 Å². The molecule has 7 nitrogen and oxygen atoms in total. The van der Waals surface area contributed by atoms with Crippen molar-refractivity contribution >= 4 is 29.1 Å². The van der Waals surface area contributed by atoms with E-state index in [0.717, 1.165) is 0 Å².